The van der Waals surface area contributed by atoms with Gasteiger partial charge in [-0.15, -0.1) is 0 Å². The second-order valence-electron chi connectivity index (χ2n) is 6.20. The zero-order valence-corrected chi connectivity index (χ0v) is 15.9. The van der Waals surface area contributed by atoms with E-state index in [4.69, 9.17) is 17.3 Å². The van der Waals surface area contributed by atoms with Crippen molar-refractivity contribution < 1.29 is 4.92 Å². The fourth-order valence-corrected chi connectivity index (χ4v) is 2.85. The molecule has 0 unspecified atom stereocenters. The Hall–Kier alpha value is -3.03. The second-order valence-corrected chi connectivity index (χ2v) is 6.63. The Morgan fingerprint density at radius 3 is 2.61 bits per heavy atom. The summed E-state index contributed by atoms with van der Waals surface area (Å²) in [5, 5.41) is 15.6. The van der Waals surface area contributed by atoms with Crippen LogP contribution in [0, 0.1) is 10.1 Å². The Morgan fingerprint density at radius 1 is 1.11 bits per heavy atom. The molecule has 0 saturated heterocycles. The van der Waals surface area contributed by atoms with Crippen LogP contribution in [-0.4, -0.2) is 28.0 Å². The van der Waals surface area contributed by atoms with Crippen molar-refractivity contribution in [3.63, 3.8) is 0 Å². The van der Waals surface area contributed by atoms with Gasteiger partial charge in [0.25, 0.3) is 5.69 Å². The smallest absolute Gasteiger partial charge is 0.269 e. The summed E-state index contributed by atoms with van der Waals surface area (Å²) in [5.41, 5.74) is 7.21. The van der Waals surface area contributed by atoms with Crippen molar-refractivity contribution in [1.29, 1.82) is 0 Å². The van der Waals surface area contributed by atoms with Crippen LogP contribution in [0.2, 0.25) is 5.02 Å². The predicted molar refractivity (Wildman–Crippen MR) is 113 cm³/mol. The minimum Gasteiger partial charge on any atom is -0.369 e. The number of nitrogens with one attached hydrogen (secondary N) is 1. The number of benzene rings is 2. The number of hydrogen-bond donors (Lipinski definition) is 2. The molecule has 0 fully saturated rings. The summed E-state index contributed by atoms with van der Waals surface area (Å²) in [4.78, 5) is 19.5. The number of nitrogens with two attached hydrogens (primary N) is 1. The molecule has 3 rings (SSSR count). The zero-order valence-electron chi connectivity index (χ0n) is 15.1. The van der Waals surface area contributed by atoms with E-state index in [9.17, 15) is 10.1 Å². The normalized spacial score (nSPS) is 11.2. The molecule has 0 bridgehead atoms. The summed E-state index contributed by atoms with van der Waals surface area (Å²) < 4.78 is 0. The average Bonchev–Trinajstić information content (AvgIpc) is 2.70. The van der Waals surface area contributed by atoms with Crippen molar-refractivity contribution in [3.8, 4) is 0 Å². The molecule has 1 aromatic heterocycles. The zero-order chi connectivity index (χ0) is 19.9. The molecule has 8 heteroatoms. The second kappa shape index (κ2) is 9.25. The third kappa shape index (κ3) is 5.03. The molecule has 28 heavy (non-hydrogen) atoms. The molecule has 0 aliphatic heterocycles. The van der Waals surface area contributed by atoms with E-state index in [1.807, 2.05) is 18.2 Å². The van der Waals surface area contributed by atoms with Crippen LogP contribution in [0.1, 0.15) is 24.2 Å². The molecule has 0 amide bonds. The van der Waals surface area contributed by atoms with Gasteiger partial charge in [0.1, 0.15) is 5.82 Å². The fraction of sp³-hybridized carbons (Fsp3) is 0.200. The maximum atomic E-state index is 10.7. The Bertz CT molecular complexity index is 1010. The number of halogens is 1. The van der Waals surface area contributed by atoms with Gasteiger partial charge < -0.3 is 11.1 Å². The van der Waals surface area contributed by atoms with Crippen LogP contribution in [0.3, 0.4) is 0 Å². The van der Waals surface area contributed by atoms with E-state index in [1.165, 1.54) is 12.1 Å². The van der Waals surface area contributed by atoms with Gasteiger partial charge in [-0.3, -0.25) is 10.1 Å². The topological polar surface area (TPSA) is 107 Å². The van der Waals surface area contributed by atoms with Gasteiger partial charge >= 0.3 is 0 Å². The average molecular weight is 398 g/mol. The van der Waals surface area contributed by atoms with Crippen molar-refractivity contribution in [2.24, 2.45) is 5.73 Å². The van der Waals surface area contributed by atoms with Crippen LogP contribution in [-0.2, 0) is 0 Å². The van der Waals surface area contributed by atoms with E-state index in [-0.39, 0.29) is 5.69 Å². The van der Waals surface area contributed by atoms with Gasteiger partial charge in [-0.2, -0.15) is 0 Å². The molecule has 0 spiro atoms. The van der Waals surface area contributed by atoms with Gasteiger partial charge in [0, 0.05) is 29.1 Å². The number of nitrogens with zero attached hydrogens (tertiary/aromatic N) is 3. The van der Waals surface area contributed by atoms with E-state index in [1.54, 1.807) is 24.3 Å². The lowest BCUT2D eigenvalue weighted by atomic mass is 10.2. The van der Waals surface area contributed by atoms with Gasteiger partial charge in [0.15, 0.2) is 5.82 Å². The van der Waals surface area contributed by atoms with Crippen molar-refractivity contribution in [3.05, 3.63) is 69.0 Å². The molecule has 3 aromatic rings. The molecule has 0 aliphatic rings. The number of non-ortho nitro benzene ring substituents is 1. The molecule has 0 aliphatic carbocycles. The fourth-order valence-electron chi connectivity index (χ4n) is 2.68. The van der Waals surface area contributed by atoms with E-state index in [0.717, 1.165) is 35.9 Å². The Balaban J connectivity index is 1.87. The molecule has 144 valence electrons. The molecule has 7 nitrogen and oxygen atoms in total. The number of rotatable bonds is 8. The lowest BCUT2D eigenvalue weighted by Gasteiger charge is -2.10. The number of nitro benzene ring substituents is 1. The van der Waals surface area contributed by atoms with Crippen molar-refractivity contribution in [1.82, 2.24) is 9.97 Å². The molecule has 0 atom stereocenters. The first-order chi connectivity index (χ1) is 13.6. The lowest BCUT2D eigenvalue weighted by molar-refractivity contribution is -0.384. The summed E-state index contributed by atoms with van der Waals surface area (Å²) in [6.07, 6.45) is 5.47. The molecular weight excluding hydrogens is 378 g/mol. The summed E-state index contributed by atoms with van der Waals surface area (Å²) in [7, 11) is 0. The molecule has 2 aromatic carbocycles. The van der Waals surface area contributed by atoms with Crippen LogP contribution in [0.5, 0.6) is 0 Å². The largest absolute Gasteiger partial charge is 0.369 e. The minimum absolute atomic E-state index is 0.0555. The first kappa shape index (κ1) is 19.7. The van der Waals surface area contributed by atoms with Crippen molar-refractivity contribution in [2.45, 2.75) is 12.8 Å². The Kier molecular flexibility index (Phi) is 6.52. The van der Waals surface area contributed by atoms with E-state index in [2.05, 4.69) is 15.3 Å². The number of hydrogen-bond acceptors (Lipinski definition) is 6. The lowest BCUT2D eigenvalue weighted by Crippen LogP contribution is -2.08. The number of unbranched alkanes of at least 4 members (excludes halogenated alkanes) is 1. The minimum atomic E-state index is -0.423. The highest BCUT2D eigenvalue weighted by atomic mass is 35.5. The predicted octanol–water partition coefficient (Wildman–Crippen LogP) is 4.51. The highest BCUT2D eigenvalue weighted by Crippen LogP contribution is 2.25. The number of anilines is 1. The van der Waals surface area contributed by atoms with E-state index in [0.29, 0.717) is 23.2 Å². The van der Waals surface area contributed by atoms with Crippen LogP contribution >= 0.6 is 11.6 Å². The summed E-state index contributed by atoms with van der Waals surface area (Å²) in [5.74, 6) is 1.25. The van der Waals surface area contributed by atoms with Gasteiger partial charge in [0.05, 0.1) is 10.4 Å². The quantitative estimate of drug-likeness (QED) is 0.329. The molecule has 1 heterocycles. The van der Waals surface area contributed by atoms with E-state index < -0.39 is 4.92 Å². The van der Waals surface area contributed by atoms with E-state index >= 15 is 0 Å². The monoisotopic (exact) mass is 397 g/mol. The van der Waals surface area contributed by atoms with Gasteiger partial charge in [-0.25, -0.2) is 9.97 Å². The Morgan fingerprint density at radius 2 is 1.89 bits per heavy atom. The maximum absolute atomic E-state index is 10.7. The van der Waals surface area contributed by atoms with Crippen molar-refractivity contribution in [2.75, 3.05) is 18.4 Å². The molecule has 3 N–H and O–H groups in total. The first-order valence-corrected chi connectivity index (χ1v) is 9.28. The highest BCUT2D eigenvalue weighted by molar-refractivity contribution is 6.31. The highest BCUT2D eigenvalue weighted by Gasteiger charge is 2.07. The third-order valence-electron chi connectivity index (χ3n) is 4.13. The number of nitro groups is 1. The van der Waals surface area contributed by atoms with Crippen LogP contribution in [0.15, 0.2) is 42.5 Å². The summed E-state index contributed by atoms with van der Waals surface area (Å²) in [6.45, 7) is 1.41. The third-order valence-corrected chi connectivity index (χ3v) is 4.36. The molecule has 0 radical (unpaired) electrons. The van der Waals surface area contributed by atoms with Gasteiger partial charge in [-0.1, -0.05) is 17.7 Å². The van der Waals surface area contributed by atoms with Crippen molar-refractivity contribution >= 4 is 46.2 Å². The standard InChI is InChI=1S/C20H20ClN5O2/c21-15-6-9-18-17(13-15)20(23-12-2-1-11-22)25-19(24-18)10-5-14-3-7-16(8-4-14)26(27)28/h3-10,13H,1-2,11-12,22H2,(H,23,24,25)/b10-5+. The van der Waals surface area contributed by atoms with Crippen LogP contribution in [0.4, 0.5) is 11.5 Å². The van der Waals surface area contributed by atoms with Crippen LogP contribution < -0.4 is 11.1 Å². The Labute approximate surface area is 167 Å². The maximum Gasteiger partial charge on any atom is 0.269 e. The SMILES string of the molecule is NCCCCNc1nc(/C=C/c2ccc([N+](=O)[O-])cc2)nc2ccc(Cl)cc12. The van der Waals surface area contributed by atoms with Gasteiger partial charge in [-0.05, 0) is 61.4 Å². The summed E-state index contributed by atoms with van der Waals surface area (Å²) >= 11 is 6.13. The molecule has 0 saturated carbocycles. The number of fused-ring (bicyclic) bond motifs is 1. The van der Waals surface area contributed by atoms with Gasteiger partial charge in [0.2, 0.25) is 0 Å². The summed E-state index contributed by atoms with van der Waals surface area (Å²) in [6, 6.07) is 11.8. The first-order valence-electron chi connectivity index (χ1n) is 8.90. The molecular formula is C20H20ClN5O2. The number of aromatic nitrogens is 2. The van der Waals surface area contributed by atoms with Crippen LogP contribution in [0.25, 0.3) is 23.1 Å².